The largest absolute Gasteiger partial charge is 0.493 e. The molecule has 0 saturated carbocycles. The highest BCUT2D eigenvalue weighted by Crippen LogP contribution is 2.38. The SMILES string of the molecule is C=CCn1nnnc1NCc1c(Br)ccc(OC)c1OCc1c(Cl)cccc1Cl. The molecule has 0 aliphatic heterocycles. The summed E-state index contributed by atoms with van der Waals surface area (Å²) in [6, 6.07) is 9.03. The maximum Gasteiger partial charge on any atom is 0.243 e. The number of nitrogens with one attached hydrogen (secondary N) is 1. The molecule has 29 heavy (non-hydrogen) atoms. The van der Waals surface area contributed by atoms with Crippen molar-refractivity contribution in [3.63, 3.8) is 0 Å². The highest BCUT2D eigenvalue weighted by atomic mass is 79.9. The van der Waals surface area contributed by atoms with Gasteiger partial charge in [-0.3, -0.25) is 0 Å². The summed E-state index contributed by atoms with van der Waals surface area (Å²) in [5, 5.41) is 15.9. The fraction of sp³-hybridized carbons (Fsp3) is 0.211. The number of anilines is 1. The first-order valence-electron chi connectivity index (χ1n) is 8.57. The van der Waals surface area contributed by atoms with Crippen LogP contribution in [-0.4, -0.2) is 27.3 Å². The molecule has 3 aromatic rings. The molecule has 0 fully saturated rings. The molecule has 1 N–H and O–H groups in total. The van der Waals surface area contributed by atoms with Gasteiger partial charge >= 0.3 is 0 Å². The Bertz CT molecular complexity index is 992. The molecule has 0 aliphatic rings. The van der Waals surface area contributed by atoms with Gasteiger partial charge in [0.2, 0.25) is 5.95 Å². The van der Waals surface area contributed by atoms with Crippen molar-refractivity contribution in [1.29, 1.82) is 0 Å². The van der Waals surface area contributed by atoms with Crippen LogP contribution in [0.25, 0.3) is 0 Å². The van der Waals surface area contributed by atoms with Crippen molar-refractivity contribution in [1.82, 2.24) is 20.2 Å². The number of hydrogen-bond acceptors (Lipinski definition) is 6. The van der Waals surface area contributed by atoms with Crippen LogP contribution < -0.4 is 14.8 Å². The molecule has 0 unspecified atom stereocenters. The van der Waals surface area contributed by atoms with Crippen molar-refractivity contribution in [2.45, 2.75) is 19.7 Å². The molecule has 0 saturated heterocycles. The minimum Gasteiger partial charge on any atom is -0.493 e. The Morgan fingerprint density at radius 1 is 1.21 bits per heavy atom. The van der Waals surface area contributed by atoms with E-state index in [0.29, 0.717) is 46.1 Å². The number of ether oxygens (including phenoxy) is 2. The second kappa shape index (κ2) is 9.96. The van der Waals surface area contributed by atoms with Gasteiger partial charge in [-0.1, -0.05) is 56.4 Å². The van der Waals surface area contributed by atoms with Crippen LogP contribution in [0.5, 0.6) is 11.5 Å². The van der Waals surface area contributed by atoms with Gasteiger partial charge in [-0.15, -0.1) is 6.58 Å². The van der Waals surface area contributed by atoms with E-state index in [1.165, 1.54) is 0 Å². The molecule has 10 heteroatoms. The van der Waals surface area contributed by atoms with E-state index in [-0.39, 0.29) is 6.61 Å². The van der Waals surface area contributed by atoms with E-state index >= 15 is 0 Å². The lowest BCUT2D eigenvalue weighted by molar-refractivity contribution is 0.281. The standard InChI is InChI=1S/C19H18BrCl2N5O2/c1-3-9-27-19(24-25-26-27)23-10-12-14(20)7-8-17(28-2)18(12)29-11-13-15(21)5-4-6-16(13)22/h3-8H,1,9-11H2,2H3,(H,23,24,26). The van der Waals surface area contributed by atoms with E-state index in [0.717, 1.165) is 10.0 Å². The zero-order valence-corrected chi connectivity index (χ0v) is 18.6. The summed E-state index contributed by atoms with van der Waals surface area (Å²) in [5.74, 6) is 1.66. The molecular weight excluding hydrogens is 481 g/mol. The average molecular weight is 499 g/mol. The topological polar surface area (TPSA) is 74.1 Å². The Balaban J connectivity index is 1.86. The summed E-state index contributed by atoms with van der Waals surface area (Å²) in [6.07, 6.45) is 1.71. The molecule has 152 valence electrons. The lowest BCUT2D eigenvalue weighted by Crippen LogP contribution is -2.10. The van der Waals surface area contributed by atoms with Gasteiger partial charge in [0, 0.05) is 32.2 Å². The van der Waals surface area contributed by atoms with Gasteiger partial charge in [0.15, 0.2) is 11.5 Å². The molecule has 0 aliphatic carbocycles. The zero-order valence-electron chi connectivity index (χ0n) is 15.5. The molecule has 0 bridgehead atoms. The van der Waals surface area contributed by atoms with Gasteiger partial charge in [-0.2, -0.15) is 0 Å². The van der Waals surface area contributed by atoms with Crippen LogP contribution in [0.15, 0.2) is 47.5 Å². The van der Waals surface area contributed by atoms with E-state index in [9.17, 15) is 0 Å². The smallest absolute Gasteiger partial charge is 0.243 e. The summed E-state index contributed by atoms with van der Waals surface area (Å²) >= 11 is 16.1. The van der Waals surface area contributed by atoms with E-state index in [2.05, 4.69) is 43.4 Å². The van der Waals surface area contributed by atoms with Crippen molar-refractivity contribution >= 4 is 45.1 Å². The monoisotopic (exact) mass is 497 g/mol. The number of methoxy groups -OCH3 is 1. The van der Waals surface area contributed by atoms with Gasteiger partial charge in [0.05, 0.1) is 13.7 Å². The minimum atomic E-state index is 0.187. The number of allylic oxidation sites excluding steroid dienone is 1. The molecule has 1 heterocycles. The number of aromatic nitrogens is 4. The van der Waals surface area contributed by atoms with Crippen molar-refractivity contribution in [3.05, 3.63) is 68.6 Å². The summed E-state index contributed by atoms with van der Waals surface area (Å²) in [6.45, 7) is 4.77. The van der Waals surface area contributed by atoms with Gasteiger partial charge in [0.25, 0.3) is 0 Å². The number of hydrogen-bond donors (Lipinski definition) is 1. The molecule has 0 amide bonds. The number of tetrazole rings is 1. The number of halogens is 3. The second-order valence-electron chi connectivity index (χ2n) is 5.87. The predicted molar refractivity (Wildman–Crippen MR) is 117 cm³/mol. The Morgan fingerprint density at radius 3 is 2.66 bits per heavy atom. The highest BCUT2D eigenvalue weighted by Gasteiger charge is 2.17. The number of rotatable bonds is 9. The Hall–Kier alpha value is -2.29. The van der Waals surface area contributed by atoms with Crippen molar-refractivity contribution < 1.29 is 9.47 Å². The van der Waals surface area contributed by atoms with Gasteiger partial charge in [-0.25, -0.2) is 4.68 Å². The zero-order chi connectivity index (χ0) is 20.8. The highest BCUT2D eigenvalue weighted by molar-refractivity contribution is 9.10. The molecular formula is C19H18BrCl2N5O2. The Kier molecular flexibility index (Phi) is 7.35. The normalized spacial score (nSPS) is 10.6. The molecule has 7 nitrogen and oxygen atoms in total. The van der Waals surface area contributed by atoms with Crippen LogP contribution in [0.4, 0.5) is 5.95 Å². The second-order valence-corrected chi connectivity index (χ2v) is 7.54. The molecule has 0 radical (unpaired) electrons. The first-order chi connectivity index (χ1) is 14.0. The van der Waals surface area contributed by atoms with Crippen LogP contribution >= 0.6 is 39.1 Å². The van der Waals surface area contributed by atoms with Gasteiger partial charge in [-0.05, 0) is 34.7 Å². The minimum absolute atomic E-state index is 0.187. The predicted octanol–water partition coefficient (Wildman–Crippen LogP) is 5.13. The summed E-state index contributed by atoms with van der Waals surface area (Å²) in [5.41, 5.74) is 1.53. The van der Waals surface area contributed by atoms with Gasteiger partial charge < -0.3 is 14.8 Å². The quantitative estimate of drug-likeness (QED) is 0.412. The Morgan fingerprint density at radius 2 is 1.97 bits per heavy atom. The molecule has 1 aromatic heterocycles. The maximum atomic E-state index is 6.27. The molecule has 3 rings (SSSR count). The third kappa shape index (κ3) is 5.01. The van der Waals surface area contributed by atoms with Crippen LogP contribution in [0, 0.1) is 0 Å². The lowest BCUT2D eigenvalue weighted by atomic mass is 10.1. The third-order valence-electron chi connectivity index (χ3n) is 4.07. The number of nitrogens with zero attached hydrogens (tertiary/aromatic N) is 4. The molecule has 0 spiro atoms. The van der Waals surface area contributed by atoms with E-state index in [1.807, 2.05) is 12.1 Å². The third-order valence-corrected chi connectivity index (χ3v) is 5.52. The molecule has 2 aromatic carbocycles. The number of benzene rings is 2. The van der Waals surface area contributed by atoms with Crippen molar-refractivity contribution in [2.24, 2.45) is 0 Å². The van der Waals surface area contributed by atoms with Crippen LogP contribution in [-0.2, 0) is 19.7 Å². The molecule has 0 atom stereocenters. The summed E-state index contributed by atoms with van der Waals surface area (Å²) < 4.78 is 14.0. The lowest BCUT2D eigenvalue weighted by Gasteiger charge is -2.18. The van der Waals surface area contributed by atoms with Crippen molar-refractivity contribution in [2.75, 3.05) is 12.4 Å². The van der Waals surface area contributed by atoms with E-state index in [4.69, 9.17) is 32.7 Å². The first kappa shape index (κ1) is 21.4. The van der Waals surface area contributed by atoms with E-state index in [1.54, 1.807) is 36.1 Å². The van der Waals surface area contributed by atoms with Crippen LogP contribution in [0.3, 0.4) is 0 Å². The summed E-state index contributed by atoms with van der Waals surface area (Å²) in [7, 11) is 1.58. The average Bonchev–Trinajstić information content (AvgIpc) is 3.14. The van der Waals surface area contributed by atoms with Gasteiger partial charge in [0.1, 0.15) is 6.61 Å². The van der Waals surface area contributed by atoms with E-state index < -0.39 is 0 Å². The van der Waals surface area contributed by atoms with Crippen LogP contribution in [0.2, 0.25) is 10.0 Å². The summed E-state index contributed by atoms with van der Waals surface area (Å²) in [4.78, 5) is 0. The fourth-order valence-electron chi connectivity index (χ4n) is 2.62. The fourth-order valence-corrected chi connectivity index (χ4v) is 3.58. The van der Waals surface area contributed by atoms with Crippen LogP contribution in [0.1, 0.15) is 11.1 Å². The first-order valence-corrected chi connectivity index (χ1v) is 10.1. The maximum absolute atomic E-state index is 6.27. The van der Waals surface area contributed by atoms with Crippen molar-refractivity contribution in [3.8, 4) is 11.5 Å². The Labute approximate surface area is 186 Å².